The molecule has 2 heterocycles. The van der Waals surface area contributed by atoms with Crippen LogP contribution in [0.1, 0.15) is 21.7 Å². The first kappa shape index (κ1) is 13.2. The zero-order valence-corrected chi connectivity index (χ0v) is 12.1. The van der Waals surface area contributed by atoms with E-state index in [0.29, 0.717) is 18.8 Å². The molecule has 0 saturated heterocycles. The molecule has 6 heteroatoms. The topological polar surface area (TPSA) is 75.1 Å². The zero-order valence-electron chi connectivity index (χ0n) is 10.6. The summed E-state index contributed by atoms with van der Waals surface area (Å²) in [6.07, 6.45) is 0.650. The number of halogens is 1. The van der Waals surface area contributed by atoms with Crippen molar-refractivity contribution in [1.82, 2.24) is 15.3 Å². The first-order valence-corrected chi connectivity index (χ1v) is 7.04. The maximum Gasteiger partial charge on any atom is 0.354 e. The molecule has 3 rings (SSSR count). The van der Waals surface area contributed by atoms with E-state index < -0.39 is 5.97 Å². The number of rotatable bonds is 2. The van der Waals surface area contributed by atoms with Gasteiger partial charge in [0, 0.05) is 22.1 Å². The molecule has 0 radical (unpaired) electrons. The van der Waals surface area contributed by atoms with Gasteiger partial charge in [-0.3, -0.25) is 0 Å². The number of benzene rings is 1. The van der Waals surface area contributed by atoms with Crippen LogP contribution >= 0.6 is 15.9 Å². The summed E-state index contributed by atoms with van der Waals surface area (Å²) < 4.78 is 0.958. The van der Waals surface area contributed by atoms with E-state index in [0.717, 1.165) is 27.8 Å². The van der Waals surface area contributed by atoms with Crippen molar-refractivity contribution in [3.8, 4) is 11.4 Å². The summed E-state index contributed by atoms with van der Waals surface area (Å²) in [6, 6.07) is 7.51. The minimum atomic E-state index is -0.996. The summed E-state index contributed by atoms with van der Waals surface area (Å²) in [6.45, 7) is 1.34. The average Bonchev–Trinajstić information content (AvgIpc) is 2.46. The van der Waals surface area contributed by atoms with Crippen LogP contribution in [0.25, 0.3) is 11.4 Å². The third-order valence-electron chi connectivity index (χ3n) is 3.24. The van der Waals surface area contributed by atoms with E-state index in [4.69, 9.17) is 0 Å². The second kappa shape index (κ2) is 5.30. The molecule has 0 atom stereocenters. The molecule has 0 spiro atoms. The van der Waals surface area contributed by atoms with Crippen molar-refractivity contribution in [3.05, 3.63) is 45.7 Å². The lowest BCUT2D eigenvalue weighted by molar-refractivity contribution is 0.0688. The highest BCUT2D eigenvalue weighted by Crippen LogP contribution is 2.23. The van der Waals surface area contributed by atoms with Crippen LogP contribution < -0.4 is 5.32 Å². The first-order chi connectivity index (χ1) is 9.65. The fourth-order valence-electron chi connectivity index (χ4n) is 2.26. The number of hydrogen-bond acceptors (Lipinski definition) is 4. The minimum absolute atomic E-state index is 0.120. The fraction of sp³-hybridized carbons (Fsp3) is 0.214. The number of nitrogens with one attached hydrogen (secondary N) is 1. The molecule has 0 fully saturated rings. The Morgan fingerprint density at radius 1 is 1.25 bits per heavy atom. The Morgan fingerprint density at radius 3 is 2.70 bits per heavy atom. The maximum atomic E-state index is 11.4. The highest BCUT2D eigenvalue weighted by atomic mass is 79.9. The van der Waals surface area contributed by atoms with E-state index in [-0.39, 0.29) is 5.69 Å². The molecule has 102 valence electrons. The lowest BCUT2D eigenvalue weighted by Crippen LogP contribution is -2.27. The molecule has 0 aliphatic carbocycles. The summed E-state index contributed by atoms with van der Waals surface area (Å²) >= 11 is 3.37. The van der Waals surface area contributed by atoms with Crippen molar-refractivity contribution in [1.29, 1.82) is 0 Å². The smallest absolute Gasteiger partial charge is 0.354 e. The third kappa shape index (κ3) is 2.44. The first-order valence-electron chi connectivity index (χ1n) is 6.25. The summed E-state index contributed by atoms with van der Waals surface area (Å²) in [5.74, 6) is -0.540. The molecule has 1 aliphatic heterocycles. The molecular weight excluding hydrogens is 322 g/mol. The van der Waals surface area contributed by atoms with Crippen molar-refractivity contribution in [3.63, 3.8) is 0 Å². The van der Waals surface area contributed by atoms with Gasteiger partial charge in [-0.15, -0.1) is 0 Å². The van der Waals surface area contributed by atoms with Crippen LogP contribution in [0.3, 0.4) is 0 Å². The van der Waals surface area contributed by atoms with Gasteiger partial charge in [0.1, 0.15) is 0 Å². The van der Waals surface area contributed by atoms with Crippen LogP contribution in [0.5, 0.6) is 0 Å². The minimum Gasteiger partial charge on any atom is -0.476 e. The van der Waals surface area contributed by atoms with Gasteiger partial charge in [-0.25, -0.2) is 14.8 Å². The van der Waals surface area contributed by atoms with E-state index in [9.17, 15) is 9.90 Å². The average molecular weight is 334 g/mol. The summed E-state index contributed by atoms with van der Waals surface area (Å²) in [5.41, 5.74) is 2.46. The molecule has 20 heavy (non-hydrogen) atoms. The summed E-state index contributed by atoms with van der Waals surface area (Å²) in [5, 5.41) is 12.5. The number of nitrogens with zero attached hydrogens (tertiary/aromatic N) is 2. The number of carboxylic acids is 1. The molecule has 0 amide bonds. The van der Waals surface area contributed by atoms with Gasteiger partial charge in [0.15, 0.2) is 11.5 Å². The molecule has 1 aromatic heterocycles. The van der Waals surface area contributed by atoms with Gasteiger partial charge in [-0.1, -0.05) is 28.1 Å². The van der Waals surface area contributed by atoms with Crippen molar-refractivity contribution in [2.75, 3.05) is 6.54 Å². The van der Waals surface area contributed by atoms with Crippen LogP contribution in [0.2, 0.25) is 0 Å². The van der Waals surface area contributed by atoms with Crippen LogP contribution in [-0.4, -0.2) is 27.6 Å². The van der Waals surface area contributed by atoms with Gasteiger partial charge in [-0.2, -0.15) is 0 Å². The van der Waals surface area contributed by atoms with Crippen LogP contribution in [0, 0.1) is 0 Å². The Hall–Kier alpha value is -1.79. The maximum absolute atomic E-state index is 11.4. The second-order valence-corrected chi connectivity index (χ2v) is 5.48. The molecule has 1 aliphatic rings. The number of carbonyl (C=O) groups is 1. The number of fused-ring (bicyclic) bond motifs is 1. The monoisotopic (exact) mass is 333 g/mol. The molecule has 0 unspecified atom stereocenters. The standard InChI is InChI=1S/C14H12BrN3O2/c15-9-3-1-8(2-4-9)13-17-11-7-16-6-5-10(11)12(18-13)14(19)20/h1-4,16H,5-7H2,(H,19,20). The Balaban J connectivity index is 2.14. The predicted octanol–water partition coefficient (Wildman–Crippen LogP) is 2.25. The molecule has 0 bridgehead atoms. The van der Waals surface area contributed by atoms with Gasteiger partial charge in [-0.05, 0) is 25.1 Å². The Labute approximate surface area is 124 Å². The van der Waals surface area contributed by atoms with Gasteiger partial charge < -0.3 is 10.4 Å². The molecule has 2 aromatic rings. The van der Waals surface area contributed by atoms with E-state index in [1.807, 2.05) is 24.3 Å². The van der Waals surface area contributed by atoms with Crippen molar-refractivity contribution in [2.24, 2.45) is 0 Å². The summed E-state index contributed by atoms with van der Waals surface area (Å²) in [4.78, 5) is 20.1. The fourth-order valence-corrected chi connectivity index (χ4v) is 2.53. The second-order valence-electron chi connectivity index (χ2n) is 4.56. The van der Waals surface area contributed by atoms with E-state index in [1.165, 1.54) is 0 Å². The highest BCUT2D eigenvalue weighted by molar-refractivity contribution is 9.10. The molecule has 2 N–H and O–H groups in total. The SMILES string of the molecule is O=C(O)c1nc(-c2ccc(Br)cc2)nc2c1CCNC2. The summed E-state index contributed by atoms with van der Waals surface area (Å²) in [7, 11) is 0. The predicted molar refractivity (Wildman–Crippen MR) is 77.5 cm³/mol. The molecule has 5 nitrogen and oxygen atoms in total. The largest absolute Gasteiger partial charge is 0.476 e. The number of hydrogen-bond donors (Lipinski definition) is 2. The lowest BCUT2D eigenvalue weighted by Gasteiger charge is -2.18. The number of aromatic carboxylic acids is 1. The number of aromatic nitrogens is 2. The Bertz CT molecular complexity index is 671. The van der Waals surface area contributed by atoms with Crippen LogP contribution in [0.4, 0.5) is 0 Å². The van der Waals surface area contributed by atoms with Crippen molar-refractivity contribution < 1.29 is 9.90 Å². The van der Waals surface area contributed by atoms with E-state index >= 15 is 0 Å². The van der Waals surface area contributed by atoms with Crippen molar-refractivity contribution in [2.45, 2.75) is 13.0 Å². The molecule has 1 aromatic carbocycles. The van der Waals surface area contributed by atoms with Crippen molar-refractivity contribution >= 4 is 21.9 Å². The van der Waals surface area contributed by atoms with E-state index in [2.05, 4.69) is 31.2 Å². The third-order valence-corrected chi connectivity index (χ3v) is 3.77. The van der Waals surface area contributed by atoms with Gasteiger partial charge in [0.2, 0.25) is 0 Å². The van der Waals surface area contributed by atoms with Crippen LogP contribution in [-0.2, 0) is 13.0 Å². The van der Waals surface area contributed by atoms with Crippen LogP contribution in [0.15, 0.2) is 28.7 Å². The lowest BCUT2D eigenvalue weighted by atomic mass is 10.0. The van der Waals surface area contributed by atoms with E-state index in [1.54, 1.807) is 0 Å². The Kier molecular flexibility index (Phi) is 3.50. The molecular formula is C14H12BrN3O2. The van der Waals surface area contributed by atoms with Gasteiger partial charge in [0.05, 0.1) is 5.69 Å². The normalized spacial score (nSPS) is 13.8. The van der Waals surface area contributed by atoms with Gasteiger partial charge >= 0.3 is 5.97 Å². The number of carboxylic acid groups (broad SMARTS) is 1. The zero-order chi connectivity index (χ0) is 14.1. The Morgan fingerprint density at radius 2 is 2.00 bits per heavy atom. The quantitative estimate of drug-likeness (QED) is 0.881. The van der Waals surface area contributed by atoms with Gasteiger partial charge in [0.25, 0.3) is 0 Å². The highest BCUT2D eigenvalue weighted by Gasteiger charge is 2.21. The molecule has 0 saturated carbocycles.